The maximum absolute atomic E-state index is 6.35. The van der Waals surface area contributed by atoms with Crippen LogP contribution < -0.4 is 5.32 Å². The Bertz CT molecular complexity index is 590. The van der Waals surface area contributed by atoms with E-state index in [-0.39, 0.29) is 0 Å². The molecule has 0 aliphatic heterocycles. The second kappa shape index (κ2) is 5.77. The fourth-order valence-corrected chi connectivity index (χ4v) is 2.34. The smallest absolute Gasteiger partial charge is 0.0484 e. The van der Waals surface area contributed by atoms with Crippen LogP contribution in [0.4, 0.5) is 0 Å². The second-order valence-electron chi connectivity index (χ2n) is 5.05. The van der Waals surface area contributed by atoms with E-state index in [1.165, 1.54) is 22.3 Å². The molecule has 0 amide bonds. The van der Waals surface area contributed by atoms with Gasteiger partial charge in [0.1, 0.15) is 0 Å². The molecule has 0 aliphatic rings. The molecule has 1 atom stereocenters. The van der Waals surface area contributed by atoms with Crippen LogP contribution in [0.2, 0.25) is 5.02 Å². The highest BCUT2D eigenvalue weighted by Gasteiger charge is 2.09. The number of hydrogen-bond acceptors (Lipinski definition) is 1. The summed E-state index contributed by atoms with van der Waals surface area (Å²) < 4.78 is 0. The van der Waals surface area contributed by atoms with E-state index in [0.717, 1.165) is 10.6 Å². The molecule has 0 saturated heterocycles. The molecule has 0 heterocycles. The van der Waals surface area contributed by atoms with Gasteiger partial charge in [0.25, 0.3) is 0 Å². The van der Waals surface area contributed by atoms with Crippen molar-refractivity contribution >= 4 is 11.6 Å². The van der Waals surface area contributed by atoms with Crippen LogP contribution in [-0.2, 0) is 0 Å². The Morgan fingerprint density at radius 1 is 1.00 bits per heavy atom. The summed E-state index contributed by atoms with van der Waals surface area (Å²) >= 11 is 6.35. The molecule has 0 aliphatic carbocycles. The van der Waals surface area contributed by atoms with E-state index in [9.17, 15) is 0 Å². The van der Waals surface area contributed by atoms with E-state index in [2.05, 4.69) is 56.4 Å². The van der Waals surface area contributed by atoms with Gasteiger partial charge in [-0.05, 0) is 62.2 Å². The normalized spacial score (nSPS) is 12.5. The van der Waals surface area contributed by atoms with Crippen LogP contribution in [0.3, 0.4) is 0 Å². The van der Waals surface area contributed by atoms with Crippen LogP contribution in [0.15, 0.2) is 36.4 Å². The lowest BCUT2D eigenvalue weighted by Crippen LogP contribution is -2.12. The zero-order chi connectivity index (χ0) is 14.0. The Balaban J connectivity index is 2.51. The van der Waals surface area contributed by atoms with Crippen molar-refractivity contribution in [3.8, 4) is 11.1 Å². The van der Waals surface area contributed by atoms with Gasteiger partial charge in [-0.25, -0.2) is 0 Å². The predicted molar refractivity (Wildman–Crippen MR) is 83.8 cm³/mol. The van der Waals surface area contributed by atoms with Crippen molar-refractivity contribution in [1.82, 2.24) is 5.32 Å². The SMILES string of the molecule is CNC(C)c1ccc(Cl)c(-c2ccc(C)c(C)c2)c1. The molecule has 19 heavy (non-hydrogen) atoms. The molecule has 0 bridgehead atoms. The van der Waals surface area contributed by atoms with Crippen LogP contribution in [0.1, 0.15) is 29.7 Å². The second-order valence-corrected chi connectivity index (χ2v) is 5.46. The fraction of sp³-hybridized carbons (Fsp3) is 0.294. The van der Waals surface area contributed by atoms with Gasteiger partial charge in [0, 0.05) is 16.6 Å². The average Bonchev–Trinajstić information content (AvgIpc) is 2.41. The first-order valence-corrected chi connectivity index (χ1v) is 6.95. The number of halogens is 1. The van der Waals surface area contributed by atoms with Gasteiger partial charge in [-0.15, -0.1) is 0 Å². The molecule has 2 aromatic carbocycles. The summed E-state index contributed by atoms with van der Waals surface area (Å²) in [6.45, 7) is 6.40. The minimum Gasteiger partial charge on any atom is -0.313 e. The van der Waals surface area contributed by atoms with Crippen LogP contribution in [0, 0.1) is 13.8 Å². The Morgan fingerprint density at radius 3 is 2.37 bits per heavy atom. The molecule has 0 spiro atoms. The van der Waals surface area contributed by atoms with Crippen molar-refractivity contribution in [2.24, 2.45) is 0 Å². The summed E-state index contributed by atoms with van der Waals surface area (Å²) in [6, 6.07) is 13.0. The van der Waals surface area contributed by atoms with Gasteiger partial charge >= 0.3 is 0 Å². The lowest BCUT2D eigenvalue weighted by molar-refractivity contribution is 0.652. The highest BCUT2D eigenvalue weighted by molar-refractivity contribution is 6.33. The third-order valence-electron chi connectivity index (χ3n) is 3.74. The summed E-state index contributed by atoms with van der Waals surface area (Å²) in [5.41, 5.74) is 6.13. The lowest BCUT2D eigenvalue weighted by Gasteiger charge is -2.14. The molecule has 0 aromatic heterocycles. The molecule has 100 valence electrons. The molecule has 2 aromatic rings. The first-order valence-electron chi connectivity index (χ1n) is 6.57. The molecule has 0 fully saturated rings. The number of aryl methyl sites for hydroxylation is 2. The summed E-state index contributed by atoms with van der Waals surface area (Å²) in [6.07, 6.45) is 0. The molecule has 0 radical (unpaired) electrons. The monoisotopic (exact) mass is 273 g/mol. The molecular formula is C17H20ClN. The summed E-state index contributed by atoms with van der Waals surface area (Å²) in [7, 11) is 1.97. The van der Waals surface area contributed by atoms with Gasteiger partial charge in [-0.2, -0.15) is 0 Å². The van der Waals surface area contributed by atoms with Gasteiger partial charge in [0.05, 0.1) is 0 Å². The largest absolute Gasteiger partial charge is 0.313 e. The Morgan fingerprint density at radius 2 is 1.74 bits per heavy atom. The number of benzene rings is 2. The summed E-state index contributed by atoms with van der Waals surface area (Å²) in [5.74, 6) is 0. The van der Waals surface area contributed by atoms with Crippen LogP contribution >= 0.6 is 11.6 Å². The van der Waals surface area contributed by atoms with Gasteiger partial charge in [-0.3, -0.25) is 0 Å². The van der Waals surface area contributed by atoms with Crippen LogP contribution in [-0.4, -0.2) is 7.05 Å². The number of rotatable bonds is 3. The van der Waals surface area contributed by atoms with Crippen LogP contribution in [0.5, 0.6) is 0 Å². The van der Waals surface area contributed by atoms with Crippen molar-refractivity contribution < 1.29 is 0 Å². The third-order valence-corrected chi connectivity index (χ3v) is 4.07. The van der Waals surface area contributed by atoms with Crippen molar-refractivity contribution in [3.05, 3.63) is 58.1 Å². The summed E-state index contributed by atoms with van der Waals surface area (Å²) in [4.78, 5) is 0. The Hall–Kier alpha value is -1.31. The van der Waals surface area contributed by atoms with Crippen molar-refractivity contribution in [2.75, 3.05) is 7.05 Å². The average molecular weight is 274 g/mol. The zero-order valence-corrected chi connectivity index (χ0v) is 12.7. The maximum atomic E-state index is 6.35. The highest BCUT2D eigenvalue weighted by atomic mass is 35.5. The van der Waals surface area contributed by atoms with Crippen molar-refractivity contribution in [2.45, 2.75) is 26.8 Å². The van der Waals surface area contributed by atoms with Gasteiger partial charge < -0.3 is 5.32 Å². The number of nitrogens with one attached hydrogen (secondary N) is 1. The molecule has 2 heteroatoms. The molecule has 1 nitrogen and oxygen atoms in total. The van der Waals surface area contributed by atoms with Gasteiger partial charge in [-0.1, -0.05) is 35.9 Å². The Kier molecular flexibility index (Phi) is 4.28. The van der Waals surface area contributed by atoms with E-state index < -0.39 is 0 Å². The first-order chi connectivity index (χ1) is 9.02. The molecule has 1 N–H and O–H groups in total. The van der Waals surface area contributed by atoms with Gasteiger partial charge in [0.2, 0.25) is 0 Å². The first kappa shape index (κ1) is 14.1. The van der Waals surface area contributed by atoms with E-state index in [1.807, 2.05) is 13.1 Å². The third kappa shape index (κ3) is 2.99. The minimum atomic E-state index is 0.322. The molecule has 1 unspecified atom stereocenters. The predicted octanol–water partition coefficient (Wildman–Crippen LogP) is 4.90. The zero-order valence-electron chi connectivity index (χ0n) is 11.9. The maximum Gasteiger partial charge on any atom is 0.0484 e. The quantitative estimate of drug-likeness (QED) is 0.838. The minimum absolute atomic E-state index is 0.322. The summed E-state index contributed by atoms with van der Waals surface area (Å²) in [5, 5.41) is 4.06. The Labute approximate surface area is 120 Å². The number of hydrogen-bond donors (Lipinski definition) is 1. The van der Waals surface area contributed by atoms with Gasteiger partial charge in [0.15, 0.2) is 0 Å². The topological polar surface area (TPSA) is 12.0 Å². The van der Waals surface area contributed by atoms with E-state index in [0.29, 0.717) is 6.04 Å². The molecule has 2 rings (SSSR count). The molecule has 0 saturated carbocycles. The van der Waals surface area contributed by atoms with E-state index in [4.69, 9.17) is 11.6 Å². The van der Waals surface area contributed by atoms with Crippen LogP contribution in [0.25, 0.3) is 11.1 Å². The van der Waals surface area contributed by atoms with Crippen molar-refractivity contribution in [1.29, 1.82) is 0 Å². The van der Waals surface area contributed by atoms with E-state index >= 15 is 0 Å². The lowest BCUT2D eigenvalue weighted by atomic mass is 9.97. The molecular weight excluding hydrogens is 254 g/mol. The van der Waals surface area contributed by atoms with Crippen molar-refractivity contribution in [3.63, 3.8) is 0 Å². The highest BCUT2D eigenvalue weighted by Crippen LogP contribution is 2.31. The van der Waals surface area contributed by atoms with E-state index in [1.54, 1.807) is 0 Å². The fourth-order valence-electron chi connectivity index (χ4n) is 2.11. The standard InChI is InChI=1S/C17H20ClN/c1-11-5-6-15(9-12(11)2)16-10-14(13(3)19-4)7-8-17(16)18/h5-10,13,19H,1-4H3.